The van der Waals surface area contributed by atoms with Crippen LogP contribution in [-0.2, 0) is 6.42 Å². The molecule has 0 fully saturated rings. The SMILES string of the molecule is CCc1ccccc1C1CN=C(N)N1c1cccc(Cl)c1. The van der Waals surface area contributed by atoms with Crippen molar-refractivity contribution in [3.05, 3.63) is 64.7 Å². The molecule has 0 bridgehead atoms. The van der Waals surface area contributed by atoms with Crippen molar-refractivity contribution in [3.8, 4) is 0 Å². The molecule has 0 saturated carbocycles. The van der Waals surface area contributed by atoms with Crippen LogP contribution >= 0.6 is 11.6 Å². The first-order valence-corrected chi connectivity index (χ1v) is 7.51. The second-order valence-corrected chi connectivity index (χ2v) is 5.55. The molecule has 4 heteroatoms. The van der Waals surface area contributed by atoms with Crippen LogP contribution in [-0.4, -0.2) is 12.5 Å². The predicted octanol–water partition coefficient (Wildman–Crippen LogP) is 3.78. The molecule has 1 atom stereocenters. The van der Waals surface area contributed by atoms with Gasteiger partial charge in [-0.3, -0.25) is 4.99 Å². The number of hydrogen-bond acceptors (Lipinski definition) is 3. The molecule has 0 aromatic heterocycles. The van der Waals surface area contributed by atoms with Crippen molar-refractivity contribution in [2.24, 2.45) is 10.7 Å². The molecule has 2 aromatic carbocycles. The van der Waals surface area contributed by atoms with Crippen LogP contribution in [0.4, 0.5) is 5.69 Å². The summed E-state index contributed by atoms with van der Waals surface area (Å²) in [5, 5.41) is 0.703. The van der Waals surface area contributed by atoms with Crippen LogP contribution < -0.4 is 10.6 Å². The van der Waals surface area contributed by atoms with E-state index in [-0.39, 0.29) is 6.04 Å². The van der Waals surface area contributed by atoms with Crippen molar-refractivity contribution in [2.45, 2.75) is 19.4 Å². The van der Waals surface area contributed by atoms with Gasteiger partial charge in [0.2, 0.25) is 0 Å². The van der Waals surface area contributed by atoms with Crippen molar-refractivity contribution in [2.75, 3.05) is 11.4 Å². The Bertz CT molecular complexity index is 681. The van der Waals surface area contributed by atoms with Gasteiger partial charge < -0.3 is 10.6 Å². The molecule has 0 amide bonds. The van der Waals surface area contributed by atoms with Crippen molar-refractivity contribution in [1.29, 1.82) is 0 Å². The van der Waals surface area contributed by atoms with Gasteiger partial charge in [-0.15, -0.1) is 0 Å². The molecule has 1 aliphatic heterocycles. The molecule has 0 aliphatic carbocycles. The van der Waals surface area contributed by atoms with E-state index in [9.17, 15) is 0 Å². The number of halogens is 1. The monoisotopic (exact) mass is 299 g/mol. The molecule has 1 aliphatic rings. The largest absolute Gasteiger partial charge is 0.369 e. The van der Waals surface area contributed by atoms with Crippen LogP contribution in [0.5, 0.6) is 0 Å². The van der Waals surface area contributed by atoms with Crippen LogP contribution in [0.25, 0.3) is 0 Å². The Labute approximate surface area is 130 Å². The van der Waals surface area contributed by atoms with Crippen molar-refractivity contribution >= 4 is 23.2 Å². The van der Waals surface area contributed by atoms with Gasteiger partial charge in [-0.25, -0.2) is 0 Å². The molecule has 1 unspecified atom stereocenters. The van der Waals surface area contributed by atoms with E-state index in [0.717, 1.165) is 12.1 Å². The molecule has 21 heavy (non-hydrogen) atoms. The minimum Gasteiger partial charge on any atom is -0.369 e. The molecule has 3 nitrogen and oxygen atoms in total. The zero-order chi connectivity index (χ0) is 14.8. The second kappa shape index (κ2) is 5.78. The van der Waals surface area contributed by atoms with Gasteiger partial charge >= 0.3 is 0 Å². The number of guanidine groups is 1. The zero-order valence-corrected chi connectivity index (χ0v) is 12.7. The fourth-order valence-electron chi connectivity index (χ4n) is 2.85. The van der Waals surface area contributed by atoms with E-state index < -0.39 is 0 Å². The number of rotatable bonds is 3. The Morgan fingerprint density at radius 1 is 1.24 bits per heavy atom. The zero-order valence-electron chi connectivity index (χ0n) is 12.0. The lowest BCUT2D eigenvalue weighted by molar-refractivity contribution is 0.756. The minimum absolute atomic E-state index is 0.139. The van der Waals surface area contributed by atoms with Crippen LogP contribution in [0.2, 0.25) is 5.02 Å². The summed E-state index contributed by atoms with van der Waals surface area (Å²) in [7, 11) is 0. The normalized spacial score (nSPS) is 17.9. The maximum Gasteiger partial charge on any atom is 0.196 e. The Morgan fingerprint density at radius 3 is 2.81 bits per heavy atom. The number of nitrogens with zero attached hydrogens (tertiary/aromatic N) is 2. The van der Waals surface area contributed by atoms with Crippen LogP contribution in [0.15, 0.2) is 53.5 Å². The fraction of sp³-hybridized carbons (Fsp3) is 0.235. The first kappa shape index (κ1) is 14.0. The Balaban J connectivity index is 2.03. The first-order chi connectivity index (χ1) is 10.2. The van der Waals surface area contributed by atoms with Crippen molar-refractivity contribution < 1.29 is 0 Å². The van der Waals surface area contributed by atoms with Gasteiger partial charge in [0.1, 0.15) is 0 Å². The number of nitrogens with two attached hydrogens (primary N) is 1. The van der Waals surface area contributed by atoms with Gasteiger partial charge in [0, 0.05) is 10.7 Å². The minimum atomic E-state index is 0.139. The number of benzene rings is 2. The number of anilines is 1. The molecule has 0 radical (unpaired) electrons. The quantitative estimate of drug-likeness (QED) is 0.937. The van der Waals surface area contributed by atoms with Gasteiger partial charge in [0.25, 0.3) is 0 Å². The van der Waals surface area contributed by atoms with Gasteiger partial charge in [-0.1, -0.05) is 48.9 Å². The highest BCUT2D eigenvalue weighted by molar-refractivity contribution is 6.30. The number of aliphatic imine (C=N–C) groups is 1. The van der Waals surface area contributed by atoms with Crippen molar-refractivity contribution in [3.63, 3.8) is 0 Å². The van der Waals surface area contributed by atoms with Crippen LogP contribution in [0.1, 0.15) is 24.1 Å². The highest BCUT2D eigenvalue weighted by atomic mass is 35.5. The van der Waals surface area contributed by atoms with Crippen LogP contribution in [0.3, 0.4) is 0 Å². The third-order valence-corrected chi connectivity index (χ3v) is 4.10. The molecule has 0 saturated heterocycles. The van der Waals surface area contributed by atoms with E-state index in [1.54, 1.807) is 0 Å². The van der Waals surface area contributed by atoms with Gasteiger partial charge in [0.05, 0.1) is 12.6 Å². The fourth-order valence-corrected chi connectivity index (χ4v) is 3.04. The van der Waals surface area contributed by atoms with E-state index in [2.05, 4.69) is 41.1 Å². The van der Waals surface area contributed by atoms with Gasteiger partial charge in [-0.05, 0) is 35.7 Å². The van der Waals surface area contributed by atoms with E-state index >= 15 is 0 Å². The average molecular weight is 300 g/mol. The summed E-state index contributed by atoms with van der Waals surface area (Å²) in [5.74, 6) is 0.549. The summed E-state index contributed by atoms with van der Waals surface area (Å²) >= 11 is 6.12. The molecule has 2 N–H and O–H groups in total. The summed E-state index contributed by atoms with van der Waals surface area (Å²) in [5.41, 5.74) is 9.71. The summed E-state index contributed by atoms with van der Waals surface area (Å²) < 4.78 is 0. The Morgan fingerprint density at radius 2 is 2.05 bits per heavy atom. The van der Waals surface area contributed by atoms with E-state index in [1.807, 2.05) is 24.3 Å². The first-order valence-electron chi connectivity index (χ1n) is 7.13. The molecule has 108 valence electrons. The Kier molecular flexibility index (Phi) is 3.84. The molecule has 2 aromatic rings. The third-order valence-electron chi connectivity index (χ3n) is 3.87. The lowest BCUT2D eigenvalue weighted by Gasteiger charge is -2.28. The topological polar surface area (TPSA) is 41.6 Å². The maximum absolute atomic E-state index is 6.12. The number of aryl methyl sites for hydroxylation is 1. The Hall–Kier alpha value is -2.00. The average Bonchev–Trinajstić information content (AvgIpc) is 2.88. The third kappa shape index (κ3) is 2.61. The lowest BCUT2D eigenvalue weighted by atomic mass is 9.97. The molecule has 1 heterocycles. The summed E-state index contributed by atoms with van der Waals surface area (Å²) in [4.78, 5) is 6.50. The smallest absolute Gasteiger partial charge is 0.196 e. The van der Waals surface area contributed by atoms with E-state index in [1.165, 1.54) is 11.1 Å². The second-order valence-electron chi connectivity index (χ2n) is 5.12. The van der Waals surface area contributed by atoms with E-state index in [0.29, 0.717) is 17.5 Å². The molecular weight excluding hydrogens is 282 g/mol. The highest BCUT2D eigenvalue weighted by Crippen LogP contribution is 2.33. The summed E-state index contributed by atoms with van der Waals surface area (Å²) in [6.45, 7) is 2.84. The molecule has 0 spiro atoms. The molecular formula is C17H18ClN3. The highest BCUT2D eigenvalue weighted by Gasteiger charge is 2.30. The van der Waals surface area contributed by atoms with E-state index in [4.69, 9.17) is 17.3 Å². The number of hydrogen-bond donors (Lipinski definition) is 1. The van der Waals surface area contributed by atoms with Gasteiger partial charge in [-0.2, -0.15) is 0 Å². The maximum atomic E-state index is 6.12. The summed E-state index contributed by atoms with van der Waals surface area (Å²) in [6, 6.07) is 16.4. The van der Waals surface area contributed by atoms with Gasteiger partial charge in [0.15, 0.2) is 5.96 Å². The standard InChI is InChI=1S/C17H18ClN3/c1-2-12-6-3-4-9-15(12)16-11-20-17(19)21(16)14-8-5-7-13(18)10-14/h3-10,16H,2,11H2,1H3,(H2,19,20). The summed E-state index contributed by atoms with van der Waals surface area (Å²) in [6.07, 6.45) is 0.996. The lowest BCUT2D eigenvalue weighted by Crippen LogP contribution is -2.36. The predicted molar refractivity (Wildman–Crippen MR) is 89.0 cm³/mol. The van der Waals surface area contributed by atoms with Crippen LogP contribution in [0, 0.1) is 0 Å². The molecule has 3 rings (SSSR count). The van der Waals surface area contributed by atoms with Crippen molar-refractivity contribution in [1.82, 2.24) is 0 Å².